The van der Waals surface area contributed by atoms with Crippen LogP contribution >= 0.6 is 0 Å². The van der Waals surface area contributed by atoms with Crippen LogP contribution in [-0.2, 0) is 4.74 Å². The maximum Gasteiger partial charge on any atom is 0.0725 e. The van der Waals surface area contributed by atoms with Gasteiger partial charge in [0.2, 0.25) is 0 Å². The summed E-state index contributed by atoms with van der Waals surface area (Å²) in [7, 11) is 0. The Bertz CT molecular complexity index is 146. The SMILES string of the molecule is CCOC1CC(O)(C2CC2)C1. The minimum atomic E-state index is -0.320. The molecule has 0 heterocycles. The summed E-state index contributed by atoms with van der Waals surface area (Å²) in [6.07, 6.45) is 4.58. The van der Waals surface area contributed by atoms with E-state index in [2.05, 4.69) is 0 Å². The molecule has 0 aliphatic heterocycles. The lowest BCUT2D eigenvalue weighted by molar-refractivity contribution is -0.148. The van der Waals surface area contributed by atoms with Crippen molar-refractivity contribution in [2.75, 3.05) is 6.61 Å². The van der Waals surface area contributed by atoms with E-state index < -0.39 is 0 Å². The quantitative estimate of drug-likeness (QED) is 0.668. The highest BCUT2D eigenvalue weighted by molar-refractivity contribution is 5.04. The molecule has 2 heteroatoms. The Morgan fingerprint density at radius 2 is 2.09 bits per heavy atom. The first-order valence-electron chi connectivity index (χ1n) is 4.58. The molecule has 0 unspecified atom stereocenters. The van der Waals surface area contributed by atoms with Gasteiger partial charge in [0.25, 0.3) is 0 Å². The van der Waals surface area contributed by atoms with Crippen molar-refractivity contribution in [2.45, 2.75) is 44.3 Å². The molecule has 2 saturated carbocycles. The van der Waals surface area contributed by atoms with Crippen LogP contribution in [0.2, 0.25) is 0 Å². The Morgan fingerprint density at radius 1 is 1.45 bits per heavy atom. The summed E-state index contributed by atoms with van der Waals surface area (Å²) in [5.41, 5.74) is -0.320. The summed E-state index contributed by atoms with van der Waals surface area (Å²) in [5, 5.41) is 9.87. The second-order valence-electron chi connectivity index (χ2n) is 3.86. The van der Waals surface area contributed by atoms with Crippen LogP contribution in [0, 0.1) is 5.92 Å². The van der Waals surface area contributed by atoms with Crippen LogP contribution in [0.5, 0.6) is 0 Å². The van der Waals surface area contributed by atoms with E-state index in [4.69, 9.17) is 4.74 Å². The highest BCUT2D eigenvalue weighted by Gasteiger charge is 2.52. The zero-order valence-electron chi connectivity index (χ0n) is 7.05. The van der Waals surface area contributed by atoms with Crippen molar-refractivity contribution in [3.05, 3.63) is 0 Å². The van der Waals surface area contributed by atoms with Gasteiger partial charge in [0.15, 0.2) is 0 Å². The second kappa shape index (κ2) is 2.46. The summed E-state index contributed by atoms with van der Waals surface area (Å²) in [4.78, 5) is 0. The molecule has 0 bridgehead atoms. The lowest BCUT2D eigenvalue weighted by Crippen LogP contribution is -2.50. The lowest BCUT2D eigenvalue weighted by atomic mass is 9.74. The summed E-state index contributed by atoms with van der Waals surface area (Å²) >= 11 is 0. The monoisotopic (exact) mass is 156 g/mol. The summed E-state index contributed by atoms with van der Waals surface area (Å²) in [6, 6.07) is 0. The van der Waals surface area contributed by atoms with Crippen molar-refractivity contribution >= 4 is 0 Å². The van der Waals surface area contributed by atoms with Gasteiger partial charge >= 0.3 is 0 Å². The van der Waals surface area contributed by atoms with Gasteiger partial charge in [0.05, 0.1) is 11.7 Å². The van der Waals surface area contributed by atoms with Crippen LogP contribution < -0.4 is 0 Å². The average Bonchev–Trinajstić information content (AvgIpc) is 2.65. The van der Waals surface area contributed by atoms with Gasteiger partial charge in [-0.05, 0) is 25.7 Å². The van der Waals surface area contributed by atoms with Crippen molar-refractivity contribution in [1.29, 1.82) is 0 Å². The van der Waals surface area contributed by atoms with Gasteiger partial charge in [-0.3, -0.25) is 0 Å². The number of hydrogen-bond acceptors (Lipinski definition) is 2. The van der Waals surface area contributed by atoms with E-state index >= 15 is 0 Å². The summed E-state index contributed by atoms with van der Waals surface area (Å²) < 4.78 is 5.39. The summed E-state index contributed by atoms with van der Waals surface area (Å²) in [5.74, 6) is 0.610. The predicted molar refractivity (Wildman–Crippen MR) is 42.3 cm³/mol. The lowest BCUT2D eigenvalue weighted by Gasteiger charge is -2.43. The Balaban J connectivity index is 1.76. The fourth-order valence-corrected chi connectivity index (χ4v) is 2.04. The third-order valence-corrected chi connectivity index (χ3v) is 2.90. The molecule has 2 aliphatic rings. The van der Waals surface area contributed by atoms with Gasteiger partial charge < -0.3 is 9.84 Å². The Hall–Kier alpha value is -0.0800. The molecule has 2 aliphatic carbocycles. The largest absolute Gasteiger partial charge is 0.389 e. The number of hydrogen-bond donors (Lipinski definition) is 1. The number of ether oxygens (including phenoxy) is 1. The first-order valence-corrected chi connectivity index (χ1v) is 4.58. The van der Waals surface area contributed by atoms with Crippen LogP contribution in [0.3, 0.4) is 0 Å². The number of rotatable bonds is 3. The topological polar surface area (TPSA) is 29.5 Å². The van der Waals surface area contributed by atoms with Crippen LogP contribution in [0.1, 0.15) is 32.6 Å². The molecular weight excluding hydrogens is 140 g/mol. The second-order valence-corrected chi connectivity index (χ2v) is 3.86. The molecule has 0 amide bonds. The van der Waals surface area contributed by atoms with E-state index in [1.54, 1.807) is 0 Å². The van der Waals surface area contributed by atoms with Crippen molar-refractivity contribution in [2.24, 2.45) is 5.92 Å². The first-order chi connectivity index (χ1) is 5.24. The first kappa shape index (κ1) is 7.56. The highest BCUT2D eigenvalue weighted by Crippen LogP contribution is 2.50. The highest BCUT2D eigenvalue weighted by atomic mass is 16.5. The normalized spacial score (nSPS) is 43.6. The van der Waals surface area contributed by atoms with Crippen LogP contribution in [0.25, 0.3) is 0 Å². The zero-order chi connectivity index (χ0) is 7.90. The molecule has 0 radical (unpaired) electrons. The van der Waals surface area contributed by atoms with Crippen molar-refractivity contribution < 1.29 is 9.84 Å². The van der Waals surface area contributed by atoms with Gasteiger partial charge in [-0.1, -0.05) is 0 Å². The molecule has 2 nitrogen and oxygen atoms in total. The Morgan fingerprint density at radius 3 is 2.55 bits per heavy atom. The van der Waals surface area contributed by atoms with E-state index in [0.717, 1.165) is 19.4 Å². The standard InChI is InChI=1S/C9H16O2/c1-2-11-8-5-9(10,6-8)7-3-4-7/h7-8,10H,2-6H2,1H3. The average molecular weight is 156 g/mol. The van der Waals surface area contributed by atoms with Crippen LogP contribution in [0.4, 0.5) is 0 Å². The minimum absolute atomic E-state index is 0.320. The molecule has 2 rings (SSSR count). The van der Waals surface area contributed by atoms with E-state index in [9.17, 15) is 5.11 Å². The van der Waals surface area contributed by atoms with Crippen LogP contribution in [0.15, 0.2) is 0 Å². The van der Waals surface area contributed by atoms with Gasteiger partial charge in [0.1, 0.15) is 0 Å². The molecule has 0 atom stereocenters. The maximum atomic E-state index is 9.87. The predicted octanol–water partition coefficient (Wildman–Crippen LogP) is 1.33. The molecule has 0 saturated heterocycles. The van der Waals surface area contributed by atoms with Gasteiger partial charge in [0, 0.05) is 19.4 Å². The zero-order valence-corrected chi connectivity index (χ0v) is 7.05. The molecule has 0 aromatic carbocycles. The molecule has 64 valence electrons. The van der Waals surface area contributed by atoms with Gasteiger partial charge in [-0.2, -0.15) is 0 Å². The van der Waals surface area contributed by atoms with Crippen molar-refractivity contribution in [1.82, 2.24) is 0 Å². The molecule has 0 aromatic heterocycles. The van der Waals surface area contributed by atoms with Crippen molar-refractivity contribution in [3.8, 4) is 0 Å². The van der Waals surface area contributed by atoms with Crippen LogP contribution in [-0.4, -0.2) is 23.4 Å². The summed E-state index contributed by atoms with van der Waals surface area (Å²) in [6.45, 7) is 2.79. The smallest absolute Gasteiger partial charge is 0.0725 e. The van der Waals surface area contributed by atoms with E-state index in [0.29, 0.717) is 12.0 Å². The fourth-order valence-electron chi connectivity index (χ4n) is 2.04. The molecule has 0 spiro atoms. The molecule has 2 fully saturated rings. The van der Waals surface area contributed by atoms with E-state index in [-0.39, 0.29) is 5.60 Å². The van der Waals surface area contributed by atoms with Gasteiger partial charge in [-0.25, -0.2) is 0 Å². The molecular formula is C9H16O2. The maximum absolute atomic E-state index is 9.87. The minimum Gasteiger partial charge on any atom is -0.389 e. The third kappa shape index (κ3) is 1.30. The Kier molecular flexibility index (Phi) is 1.69. The fraction of sp³-hybridized carbons (Fsp3) is 1.00. The molecule has 1 N–H and O–H groups in total. The molecule has 0 aromatic rings. The van der Waals surface area contributed by atoms with E-state index in [1.165, 1.54) is 12.8 Å². The van der Waals surface area contributed by atoms with Crippen molar-refractivity contribution in [3.63, 3.8) is 0 Å². The molecule has 11 heavy (non-hydrogen) atoms. The van der Waals surface area contributed by atoms with Gasteiger partial charge in [-0.15, -0.1) is 0 Å². The Labute approximate surface area is 67.6 Å². The van der Waals surface area contributed by atoms with E-state index in [1.807, 2.05) is 6.92 Å². The third-order valence-electron chi connectivity index (χ3n) is 2.90. The number of aliphatic hydroxyl groups is 1.